The Morgan fingerprint density at radius 3 is 2.21 bits per heavy atom. The third-order valence-corrected chi connectivity index (χ3v) is 2.18. The van der Waals surface area contributed by atoms with Gasteiger partial charge in [0, 0.05) is 0 Å². The van der Waals surface area contributed by atoms with Crippen LogP contribution in [0.3, 0.4) is 0 Å². The third kappa shape index (κ3) is 1.86. The van der Waals surface area contributed by atoms with Crippen LogP contribution in [0.2, 0.25) is 0 Å². The van der Waals surface area contributed by atoms with E-state index in [-0.39, 0.29) is 0 Å². The molecule has 0 radical (unpaired) electrons. The summed E-state index contributed by atoms with van der Waals surface area (Å²) in [6, 6.07) is 5.23. The largest absolute Gasteiger partial charge is 0.496 e. The fraction of sp³-hybridized carbons (Fsp3) is 0.364. The molecule has 0 unspecified atom stereocenters. The molecule has 0 fully saturated rings. The molecule has 14 heavy (non-hydrogen) atoms. The van der Waals surface area contributed by atoms with Crippen LogP contribution in [-0.2, 0) is 0 Å². The minimum atomic E-state index is -0.557. The lowest BCUT2D eigenvalue weighted by Gasteiger charge is -2.12. The van der Waals surface area contributed by atoms with Gasteiger partial charge in [0.2, 0.25) is 0 Å². The van der Waals surface area contributed by atoms with E-state index in [9.17, 15) is 0 Å². The number of hydrogen-bond acceptors (Lipinski definition) is 3. The Morgan fingerprint density at radius 1 is 1.36 bits per heavy atom. The first-order chi connectivity index (χ1) is 6.60. The molecule has 1 aromatic carbocycles. The number of methoxy groups -OCH3 is 1. The maximum absolute atomic E-state index is 8.69. The van der Waals surface area contributed by atoms with Crippen LogP contribution in [0.25, 0.3) is 0 Å². The molecule has 0 amide bonds. The Morgan fingerprint density at radius 2 is 1.86 bits per heavy atom. The Hall–Kier alpha value is -1.53. The highest BCUT2D eigenvalue weighted by Crippen LogP contribution is 2.26. The predicted molar refractivity (Wildman–Crippen MR) is 55.0 cm³/mol. The fourth-order valence-corrected chi connectivity index (χ4v) is 1.56. The van der Waals surface area contributed by atoms with Crippen LogP contribution in [-0.4, -0.2) is 7.11 Å². The first kappa shape index (κ1) is 10.6. The molecule has 0 saturated heterocycles. The summed E-state index contributed by atoms with van der Waals surface area (Å²) >= 11 is 0. The molecule has 3 heteroatoms. The molecule has 0 spiro atoms. The second kappa shape index (κ2) is 4.12. The van der Waals surface area contributed by atoms with Crippen molar-refractivity contribution in [3.05, 3.63) is 28.8 Å². The number of nitrogens with two attached hydrogens (primary N) is 1. The van der Waals surface area contributed by atoms with Crippen molar-refractivity contribution in [1.29, 1.82) is 5.26 Å². The molecule has 0 heterocycles. The van der Waals surface area contributed by atoms with E-state index in [4.69, 9.17) is 15.7 Å². The van der Waals surface area contributed by atoms with Crippen LogP contribution in [0, 0.1) is 25.2 Å². The number of benzene rings is 1. The zero-order valence-electron chi connectivity index (χ0n) is 8.66. The van der Waals surface area contributed by atoms with Crippen LogP contribution in [0.15, 0.2) is 12.1 Å². The summed E-state index contributed by atoms with van der Waals surface area (Å²) in [7, 11) is 1.64. The maximum atomic E-state index is 8.69. The standard InChI is InChI=1S/C11H14N2O/c1-7-4-9(10(13)6-12)5-8(2)11(7)14-3/h4-5,10H,13H2,1-3H3/t10-/m0/s1. The molecule has 1 atom stereocenters. The molecule has 3 nitrogen and oxygen atoms in total. The minimum Gasteiger partial charge on any atom is -0.496 e. The van der Waals surface area contributed by atoms with Crippen molar-refractivity contribution in [2.24, 2.45) is 5.73 Å². The van der Waals surface area contributed by atoms with Gasteiger partial charge in [-0.1, -0.05) is 0 Å². The molecule has 0 bridgehead atoms. The van der Waals surface area contributed by atoms with E-state index in [1.165, 1.54) is 0 Å². The van der Waals surface area contributed by atoms with Crippen LogP contribution in [0.1, 0.15) is 22.7 Å². The van der Waals surface area contributed by atoms with E-state index in [1.54, 1.807) is 7.11 Å². The monoisotopic (exact) mass is 190 g/mol. The van der Waals surface area contributed by atoms with Gasteiger partial charge in [-0.3, -0.25) is 0 Å². The summed E-state index contributed by atoms with van der Waals surface area (Å²) in [6.07, 6.45) is 0. The van der Waals surface area contributed by atoms with Crippen molar-refractivity contribution < 1.29 is 4.74 Å². The molecule has 0 aliphatic heterocycles. The number of nitriles is 1. The van der Waals surface area contributed by atoms with Gasteiger partial charge in [-0.05, 0) is 42.7 Å². The Kier molecular flexibility index (Phi) is 3.10. The minimum absolute atomic E-state index is 0.557. The van der Waals surface area contributed by atoms with Gasteiger partial charge in [-0.15, -0.1) is 0 Å². The highest BCUT2D eigenvalue weighted by atomic mass is 16.5. The van der Waals surface area contributed by atoms with E-state index in [0.29, 0.717) is 0 Å². The molecule has 2 N–H and O–H groups in total. The lowest BCUT2D eigenvalue weighted by molar-refractivity contribution is 0.408. The molecule has 0 aliphatic rings. The van der Waals surface area contributed by atoms with E-state index in [2.05, 4.69) is 0 Å². The summed E-state index contributed by atoms with van der Waals surface area (Å²) in [5.74, 6) is 0.860. The summed E-state index contributed by atoms with van der Waals surface area (Å²) in [5.41, 5.74) is 8.47. The predicted octanol–water partition coefficient (Wildman–Crippen LogP) is 1.84. The highest BCUT2D eigenvalue weighted by Gasteiger charge is 2.09. The second-order valence-corrected chi connectivity index (χ2v) is 3.29. The summed E-state index contributed by atoms with van der Waals surface area (Å²) in [6.45, 7) is 3.89. The van der Waals surface area contributed by atoms with Crippen LogP contribution >= 0.6 is 0 Å². The smallest absolute Gasteiger partial charge is 0.124 e. The van der Waals surface area contributed by atoms with E-state index >= 15 is 0 Å². The van der Waals surface area contributed by atoms with Crippen molar-refractivity contribution in [2.75, 3.05) is 7.11 Å². The van der Waals surface area contributed by atoms with Gasteiger partial charge in [-0.2, -0.15) is 5.26 Å². The number of aryl methyl sites for hydroxylation is 2. The quantitative estimate of drug-likeness (QED) is 0.774. The number of nitrogens with zero attached hydrogens (tertiary/aromatic N) is 1. The average molecular weight is 190 g/mol. The lowest BCUT2D eigenvalue weighted by atomic mass is 10.0. The summed E-state index contributed by atoms with van der Waals surface area (Å²) in [5, 5.41) is 8.69. The fourth-order valence-electron chi connectivity index (χ4n) is 1.56. The maximum Gasteiger partial charge on any atom is 0.124 e. The molecular weight excluding hydrogens is 176 g/mol. The average Bonchev–Trinajstić information content (AvgIpc) is 2.16. The van der Waals surface area contributed by atoms with Crippen molar-refractivity contribution in [3.8, 4) is 11.8 Å². The first-order valence-corrected chi connectivity index (χ1v) is 4.40. The van der Waals surface area contributed by atoms with Crippen molar-refractivity contribution in [2.45, 2.75) is 19.9 Å². The van der Waals surface area contributed by atoms with Crippen LogP contribution < -0.4 is 10.5 Å². The Labute approximate surface area is 84.1 Å². The highest BCUT2D eigenvalue weighted by molar-refractivity contribution is 5.45. The van der Waals surface area contributed by atoms with Gasteiger partial charge in [0.15, 0.2) is 0 Å². The Bertz CT molecular complexity index is 356. The van der Waals surface area contributed by atoms with E-state index in [1.807, 2.05) is 32.0 Å². The molecule has 0 aromatic heterocycles. The molecule has 1 aromatic rings. The van der Waals surface area contributed by atoms with Gasteiger partial charge < -0.3 is 10.5 Å². The van der Waals surface area contributed by atoms with Crippen LogP contribution in [0.4, 0.5) is 0 Å². The molecule has 0 aliphatic carbocycles. The molecular formula is C11H14N2O. The second-order valence-electron chi connectivity index (χ2n) is 3.29. The summed E-state index contributed by atoms with van der Waals surface area (Å²) in [4.78, 5) is 0. The van der Waals surface area contributed by atoms with Gasteiger partial charge in [0.25, 0.3) is 0 Å². The van der Waals surface area contributed by atoms with Gasteiger partial charge in [0.1, 0.15) is 11.8 Å². The topological polar surface area (TPSA) is 59.0 Å². The van der Waals surface area contributed by atoms with Gasteiger partial charge in [-0.25, -0.2) is 0 Å². The lowest BCUT2D eigenvalue weighted by Crippen LogP contribution is -2.08. The van der Waals surface area contributed by atoms with Crippen molar-refractivity contribution in [3.63, 3.8) is 0 Å². The first-order valence-electron chi connectivity index (χ1n) is 4.40. The zero-order chi connectivity index (χ0) is 10.7. The third-order valence-electron chi connectivity index (χ3n) is 2.18. The van der Waals surface area contributed by atoms with E-state index in [0.717, 1.165) is 22.4 Å². The normalized spacial score (nSPS) is 11.9. The number of ether oxygens (including phenoxy) is 1. The molecule has 1 rings (SSSR count). The molecule has 0 saturated carbocycles. The van der Waals surface area contributed by atoms with Crippen LogP contribution in [0.5, 0.6) is 5.75 Å². The zero-order valence-corrected chi connectivity index (χ0v) is 8.66. The number of rotatable bonds is 2. The van der Waals surface area contributed by atoms with E-state index < -0.39 is 6.04 Å². The van der Waals surface area contributed by atoms with Gasteiger partial charge in [0.05, 0.1) is 13.2 Å². The summed E-state index contributed by atoms with van der Waals surface area (Å²) < 4.78 is 5.22. The van der Waals surface area contributed by atoms with Crippen molar-refractivity contribution >= 4 is 0 Å². The van der Waals surface area contributed by atoms with Crippen molar-refractivity contribution in [1.82, 2.24) is 0 Å². The molecule has 74 valence electrons. The van der Waals surface area contributed by atoms with Gasteiger partial charge >= 0.3 is 0 Å². The SMILES string of the molecule is COc1c(C)cc([C@@H](N)C#N)cc1C. The Balaban J connectivity index is 3.22. The number of hydrogen-bond donors (Lipinski definition) is 1.